The number of rotatable bonds is 5. The zero-order chi connectivity index (χ0) is 13.4. The minimum atomic E-state index is -0.111. The molecule has 0 aliphatic rings. The van der Waals surface area contributed by atoms with Crippen molar-refractivity contribution >= 4 is 21.8 Å². The molecule has 0 aliphatic heterocycles. The van der Waals surface area contributed by atoms with Gasteiger partial charge in [0.1, 0.15) is 5.75 Å². The van der Waals surface area contributed by atoms with Crippen LogP contribution in [0.1, 0.15) is 12.5 Å². The van der Waals surface area contributed by atoms with Crippen molar-refractivity contribution in [1.29, 1.82) is 0 Å². The third kappa shape index (κ3) is 4.75. The van der Waals surface area contributed by atoms with Crippen LogP contribution in [0.25, 0.3) is 0 Å². The lowest BCUT2D eigenvalue weighted by Gasteiger charge is -2.06. The molecule has 0 spiro atoms. The Morgan fingerprint density at radius 3 is 2.83 bits per heavy atom. The van der Waals surface area contributed by atoms with Gasteiger partial charge in [0.25, 0.3) is 0 Å². The Hall–Kier alpha value is -1.55. The van der Waals surface area contributed by atoms with Gasteiger partial charge < -0.3 is 10.1 Å². The summed E-state index contributed by atoms with van der Waals surface area (Å²) in [6, 6.07) is 5.70. The van der Waals surface area contributed by atoms with Crippen LogP contribution in [0.4, 0.5) is 0 Å². The Kier molecular flexibility index (Phi) is 6.22. The Morgan fingerprint density at radius 2 is 2.22 bits per heavy atom. The summed E-state index contributed by atoms with van der Waals surface area (Å²) in [5.74, 6) is 0.665. The number of benzene rings is 1. The molecule has 0 unspecified atom stereocenters. The summed E-state index contributed by atoms with van der Waals surface area (Å²) in [4.78, 5) is 11.4. The first-order valence-corrected chi connectivity index (χ1v) is 6.36. The van der Waals surface area contributed by atoms with Gasteiger partial charge in [-0.2, -0.15) is 0 Å². The molecule has 0 radical (unpaired) electrons. The van der Waals surface area contributed by atoms with Gasteiger partial charge in [-0.15, -0.1) is 0 Å². The standard InChI is InChI=1S/C14H16BrNO2/c1-3-4-5-6-14(17)16-10-11-7-8-13(18-2)12(15)9-11/h3-9H,10H2,1-2H3,(H,16,17)/b4-3+,6-5+. The first-order valence-electron chi connectivity index (χ1n) is 5.57. The highest BCUT2D eigenvalue weighted by Gasteiger charge is 2.02. The molecule has 96 valence electrons. The number of nitrogens with one attached hydrogen (secondary N) is 1. The molecule has 1 amide bonds. The minimum absolute atomic E-state index is 0.111. The number of carbonyl (C=O) groups is 1. The van der Waals surface area contributed by atoms with E-state index < -0.39 is 0 Å². The molecule has 0 saturated carbocycles. The van der Waals surface area contributed by atoms with E-state index in [0.29, 0.717) is 6.54 Å². The number of allylic oxidation sites excluding steroid dienone is 3. The Morgan fingerprint density at radius 1 is 1.44 bits per heavy atom. The van der Waals surface area contributed by atoms with E-state index >= 15 is 0 Å². The lowest BCUT2D eigenvalue weighted by molar-refractivity contribution is -0.116. The molecular weight excluding hydrogens is 294 g/mol. The fourth-order valence-corrected chi connectivity index (χ4v) is 1.91. The van der Waals surface area contributed by atoms with Crippen molar-refractivity contribution in [3.63, 3.8) is 0 Å². The second-order valence-electron chi connectivity index (χ2n) is 3.57. The number of methoxy groups -OCH3 is 1. The van der Waals surface area contributed by atoms with Crippen molar-refractivity contribution < 1.29 is 9.53 Å². The van der Waals surface area contributed by atoms with E-state index in [-0.39, 0.29) is 5.91 Å². The van der Waals surface area contributed by atoms with Crippen LogP contribution in [0.15, 0.2) is 47.0 Å². The van der Waals surface area contributed by atoms with Gasteiger partial charge in [0.15, 0.2) is 0 Å². The van der Waals surface area contributed by atoms with Gasteiger partial charge in [-0.05, 0) is 40.5 Å². The van der Waals surface area contributed by atoms with Crippen LogP contribution in [-0.4, -0.2) is 13.0 Å². The predicted octanol–water partition coefficient (Wildman–Crippen LogP) is 3.21. The predicted molar refractivity (Wildman–Crippen MR) is 76.5 cm³/mol. The summed E-state index contributed by atoms with van der Waals surface area (Å²) in [5, 5.41) is 2.80. The van der Waals surface area contributed by atoms with E-state index in [0.717, 1.165) is 15.8 Å². The molecule has 0 heterocycles. The fourth-order valence-electron chi connectivity index (χ4n) is 1.32. The summed E-state index contributed by atoms with van der Waals surface area (Å²) in [6.45, 7) is 2.39. The highest BCUT2D eigenvalue weighted by molar-refractivity contribution is 9.10. The maximum atomic E-state index is 11.4. The topological polar surface area (TPSA) is 38.3 Å². The average molecular weight is 310 g/mol. The first-order chi connectivity index (χ1) is 8.67. The second-order valence-corrected chi connectivity index (χ2v) is 4.43. The summed E-state index contributed by atoms with van der Waals surface area (Å²) in [6.07, 6.45) is 6.88. The number of carbonyl (C=O) groups excluding carboxylic acids is 1. The van der Waals surface area contributed by atoms with E-state index in [4.69, 9.17) is 4.74 Å². The van der Waals surface area contributed by atoms with Gasteiger partial charge in [-0.25, -0.2) is 0 Å². The second kappa shape index (κ2) is 7.71. The van der Waals surface area contributed by atoms with E-state index in [2.05, 4.69) is 21.2 Å². The van der Waals surface area contributed by atoms with Crippen LogP contribution < -0.4 is 10.1 Å². The molecular formula is C14H16BrNO2. The van der Waals surface area contributed by atoms with Crippen molar-refractivity contribution in [2.24, 2.45) is 0 Å². The van der Waals surface area contributed by atoms with Crippen molar-refractivity contribution in [1.82, 2.24) is 5.32 Å². The Balaban J connectivity index is 2.53. The SMILES string of the molecule is C/C=C/C=C/C(=O)NCc1ccc(OC)c(Br)c1. The molecule has 0 fully saturated rings. The highest BCUT2D eigenvalue weighted by Crippen LogP contribution is 2.25. The van der Waals surface area contributed by atoms with Gasteiger partial charge in [0.2, 0.25) is 5.91 Å². The zero-order valence-corrected chi connectivity index (χ0v) is 12.0. The smallest absolute Gasteiger partial charge is 0.244 e. The van der Waals surface area contributed by atoms with Crippen LogP contribution >= 0.6 is 15.9 Å². The quantitative estimate of drug-likeness (QED) is 0.670. The molecule has 1 aromatic carbocycles. The van der Waals surface area contributed by atoms with Gasteiger partial charge in [-0.3, -0.25) is 4.79 Å². The molecule has 4 heteroatoms. The van der Waals surface area contributed by atoms with Crippen LogP contribution in [0.3, 0.4) is 0 Å². The van der Waals surface area contributed by atoms with Gasteiger partial charge in [0.05, 0.1) is 11.6 Å². The van der Waals surface area contributed by atoms with Crippen molar-refractivity contribution in [2.75, 3.05) is 7.11 Å². The maximum Gasteiger partial charge on any atom is 0.244 e. The molecule has 0 aliphatic carbocycles. The lowest BCUT2D eigenvalue weighted by Crippen LogP contribution is -2.20. The van der Waals surface area contributed by atoms with Gasteiger partial charge in [0, 0.05) is 12.6 Å². The normalized spacial score (nSPS) is 11.1. The molecule has 1 rings (SSSR count). The summed E-state index contributed by atoms with van der Waals surface area (Å²) in [7, 11) is 1.62. The lowest BCUT2D eigenvalue weighted by atomic mass is 10.2. The van der Waals surface area contributed by atoms with Gasteiger partial charge in [-0.1, -0.05) is 24.3 Å². The number of hydrogen-bond donors (Lipinski definition) is 1. The van der Waals surface area contributed by atoms with Crippen LogP contribution in [0, 0.1) is 0 Å². The van der Waals surface area contributed by atoms with Crippen molar-refractivity contribution in [2.45, 2.75) is 13.5 Å². The minimum Gasteiger partial charge on any atom is -0.496 e. The number of amides is 1. The number of ether oxygens (including phenoxy) is 1. The molecule has 3 nitrogen and oxygen atoms in total. The third-order valence-electron chi connectivity index (χ3n) is 2.23. The van der Waals surface area contributed by atoms with Crippen molar-refractivity contribution in [3.05, 3.63) is 52.5 Å². The molecule has 0 bridgehead atoms. The molecule has 1 N–H and O–H groups in total. The summed E-state index contributed by atoms with van der Waals surface area (Å²) >= 11 is 3.40. The molecule has 1 aromatic rings. The van der Waals surface area contributed by atoms with Gasteiger partial charge >= 0.3 is 0 Å². The highest BCUT2D eigenvalue weighted by atomic mass is 79.9. The average Bonchev–Trinajstić information content (AvgIpc) is 2.37. The third-order valence-corrected chi connectivity index (χ3v) is 2.85. The summed E-state index contributed by atoms with van der Waals surface area (Å²) < 4.78 is 6.01. The van der Waals surface area contributed by atoms with Crippen LogP contribution in [0.2, 0.25) is 0 Å². The van der Waals surface area contributed by atoms with Crippen LogP contribution in [-0.2, 0) is 11.3 Å². The van der Waals surface area contributed by atoms with E-state index in [9.17, 15) is 4.79 Å². The number of halogens is 1. The van der Waals surface area contributed by atoms with Crippen molar-refractivity contribution in [3.8, 4) is 5.75 Å². The zero-order valence-electron chi connectivity index (χ0n) is 10.4. The largest absolute Gasteiger partial charge is 0.496 e. The Bertz CT molecular complexity index is 467. The first kappa shape index (κ1) is 14.5. The number of hydrogen-bond acceptors (Lipinski definition) is 2. The monoisotopic (exact) mass is 309 g/mol. The molecule has 0 atom stereocenters. The Labute approximate surface area is 116 Å². The molecule has 18 heavy (non-hydrogen) atoms. The fraction of sp³-hybridized carbons (Fsp3) is 0.214. The van der Waals surface area contributed by atoms with E-state index in [1.165, 1.54) is 6.08 Å². The summed E-state index contributed by atoms with van der Waals surface area (Å²) in [5.41, 5.74) is 1.01. The van der Waals surface area contributed by atoms with Crippen LogP contribution in [0.5, 0.6) is 5.75 Å². The van der Waals surface area contributed by atoms with E-state index in [1.54, 1.807) is 13.2 Å². The maximum absolute atomic E-state index is 11.4. The molecule has 0 aromatic heterocycles. The van der Waals surface area contributed by atoms with E-state index in [1.807, 2.05) is 37.3 Å². The molecule has 0 saturated heterocycles.